The number of anilines is 1. The molecule has 2 nitrogen and oxygen atoms in total. The Morgan fingerprint density at radius 3 is 2.39 bits per heavy atom. The molecule has 0 aliphatic carbocycles. The second-order valence-corrected chi connectivity index (χ2v) is 7.20. The van der Waals surface area contributed by atoms with E-state index in [1.165, 1.54) is 29.4 Å². The quantitative estimate of drug-likeness (QED) is 0.394. The second-order valence-electron chi connectivity index (χ2n) is 6.35. The van der Waals surface area contributed by atoms with E-state index >= 15 is 0 Å². The zero-order chi connectivity index (χ0) is 19.9. The Balaban J connectivity index is 1.77. The lowest BCUT2D eigenvalue weighted by molar-refractivity contribution is -0.0611. The van der Waals surface area contributed by atoms with Crippen LogP contribution in [0.5, 0.6) is 0 Å². The van der Waals surface area contributed by atoms with Crippen LogP contribution in [0.3, 0.4) is 0 Å². The zero-order valence-corrected chi connectivity index (χ0v) is 15.9. The van der Waals surface area contributed by atoms with E-state index in [0.717, 1.165) is 27.4 Å². The van der Waals surface area contributed by atoms with Crippen LogP contribution in [-0.2, 0) is 0 Å². The van der Waals surface area contributed by atoms with E-state index in [-0.39, 0.29) is 0 Å². The van der Waals surface area contributed by atoms with Gasteiger partial charge in [-0.15, -0.1) is 0 Å². The SMILES string of the molecule is Fc1ccc(C2C=CN(c3cc(Br)c4ccccc4c3)N=C2C(F)(F)F)cc1. The van der Waals surface area contributed by atoms with Gasteiger partial charge in [0.2, 0.25) is 0 Å². The first-order valence-corrected chi connectivity index (χ1v) is 9.19. The first kappa shape index (κ1) is 18.7. The molecule has 0 fully saturated rings. The van der Waals surface area contributed by atoms with Crippen molar-refractivity contribution in [2.24, 2.45) is 5.10 Å². The average Bonchev–Trinajstić information content (AvgIpc) is 2.67. The lowest BCUT2D eigenvalue weighted by atomic mass is 9.92. The number of hydrogen-bond acceptors (Lipinski definition) is 2. The Morgan fingerprint density at radius 1 is 0.964 bits per heavy atom. The molecular weight excluding hydrogens is 436 g/mol. The van der Waals surface area contributed by atoms with Crippen molar-refractivity contribution < 1.29 is 17.6 Å². The van der Waals surface area contributed by atoms with Crippen molar-refractivity contribution in [2.75, 3.05) is 5.01 Å². The first-order valence-electron chi connectivity index (χ1n) is 8.40. The fourth-order valence-corrected chi connectivity index (χ4v) is 3.76. The molecule has 3 aromatic rings. The van der Waals surface area contributed by atoms with E-state index < -0.39 is 23.6 Å². The summed E-state index contributed by atoms with van der Waals surface area (Å²) in [6.07, 6.45) is -1.71. The van der Waals surface area contributed by atoms with Gasteiger partial charge in [0.25, 0.3) is 0 Å². The third-order valence-electron chi connectivity index (χ3n) is 4.51. The molecule has 7 heteroatoms. The predicted molar refractivity (Wildman–Crippen MR) is 106 cm³/mol. The number of hydrogen-bond donors (Lipinski definition) is 0. The Labute approximate surface area is 166 Å². The smallest absolute Gasteiger partial charge is 0.241 e. The van der Waals surface area contributed by atoms with Gasteiger partial charge < -0.3 is 0 Å². The van der Waals surface area contributed by atoms with E-state index in [0.29, 0.717) is 11.3 Å². The highest BCUT2D eigenvalue weighted by Crippen LogP contribution is 2.36. The molecule has 28 heavy (non-hydrogen) atoms. The van der Waals surface area contributed by atoms with Crippen LogP contribution in [0, 0.1) is 5.82 Å². The molecule has 0 N–H and O–H groups in total. The molecule has 0 aromatic heterocycles. The van der Waals surface area contributed by atoms with Gasteiger partial charge in [0.1, 0.15) is 5.82 Å². The van der Waals surface area contributed by atoms with E-state index in [1.807, 2.05) is 24.3 Å². The van der Waals surface area contributed by atoms with E-state index in [2.05, 4.69) is 21.0 Å². The molecule has 1 heterocycles. The molecule has 142 valence electrons. The van der Waals surface area contributed by atoms with Crippen molar-refractivity contribution in [1.29, 1.82) is 0 Å². The largest absolute Gasteiger partial charge is 0.432 e. The van der Waals surface area contributed by atoms with Crippen molar-refractivity contribution in [1.82, 2.24) is 0 Å². The monoisotopic (exact) mass is 448 g/mol. The third kappa shape index (κ3) is 3.54. The van der Waals surface area contributed by atoms with Crippen LogP contribution in [0.1, 0.15) is 11.5 Å². The molecule has 0 saturated heterocycles. The minimum Gasteiger partial charge on any atom is -0.241 e. The summed E-state index contributed by atoms with van der Waals surface area (Å²) in [6.45, 7) is 0. The maximum Gasteiger partial charge on any atom is 0.432 e. The maximum absolute atomic E-state index is 13.7. The van der Waals surface area contributed by atoms with Crippen LogP contribution in [-0.4, -0.2) is 11.9 Å². The van der Waals surface area contributed by atoms with Crippen LogP contribution in [0.25, 0.3) is 10.8 Å². The summed E-state index contributed by atoms with van der Waals surface area (Å²) in [5.74, 6) is -1.60. The van der Waals surface area contributed by atoms with E-state index in [1.54, 1.807) is 12.1 Å². The van der Waals surface area contributed by atoms with Gasteiger partial charge in [0.05, 0.1) is 11.6 Å². The summed E-state index contributed by atoms with van der Waals surface area (Å²) in [6, 6.07) is 16.0. The van der Waals surface area contributed by atoms with Crippen LogP contribution in [0.4, 0.5) is 23.2 Å². The molecule has 0 radical (unpaired) electrons. The summed E-state index contributed by atoms with van der Waals surface area (Å²) >= 11 is 3.47. The number of halogens is 5. The zero-order valence-electron chi connectivity index (χ0n) is 14.3. The average molecular weight is 449 g/mol. The number of allylic oxidation sites excluding steroid dienone is 1. The number of hydrazone groups is 1. The maximum atomic E-state index is 13.7. The number of rotatable bonds is 2. The minimum absolute atomic E-state index is 0.327. The third-order valence-corrected chi connectivity index (χ3v) is 5.17. The molecule has 1 atom stereocenters. The number of fused-ring (bicyclic) bond motifs is 1. The highest BCUT2D eigenvalue weighted by molar-refractivity contribution is 9.10. The van der Waals surface area contributed by atoms with Gasteiger partial charge in [-0.25, -0.2) is 9.40 Å². The Kier molecular flexibility index (Phi) is 4.71. The highest BCUT2D eigenvalue weighted by atomic mass is 79.9. The molecule has 0 bridgehead atoms. The van der Waals surface area contributed by atoms with Gasteiger partial charge >= 0.3 is 6.18 Å². The lowest BCUT2D eigenvalue weighted by Gasteiger charge is -2.27. The predicted octanol–water partition coefficient (Wildman–Crippen LogP) is 6.78. The molecule has 1 aliphatic heterocycles. The molecular formula is C21H13BrF4N2. The standard InChI is InChI=1S/C21H13BrF4N2/c22-19-12-16(11-14-3-1-2-4-17(14)19)28-10-9-18(20(27-28)21(24,25)26)13-5-7-15(23)8-6-13/h1-12,18H. The van der Waals surface area contributed by atoms with E-state index in [9.17, 15) is 17.6 Å². The summed E-state index contributed by atoms with van der Waals surface area (Å²) in [5, 5.41) is 6.92. The molecule has 0 saturated carbocycles. The molecule has 0 spiro atoms. The molecule has 1 aliphatic rings. The molecule has 0 amide bonds. The van der Waals surface area contributed by atoms with Crippen molar-refractivity contribution in [2.45, 2.75) is 12.1 Å². The van der Waals surface area contributed by atoms with E-state index in [4.69, 9.17) is 0 Å². The summed E-state index contributed by atoms with van der Waals surface area (Å²) in [7, 11) is 0. The van der Waals surface area contributed by atoms with Crippen molar-refractivity contribution in [3.63, 3.8) is 0 Å². The van der Waals surface area contributed by atoms with Crippen molar-refractivity contribution in [3.05, 3.63) is 88.8 Å². The van der Waals surface area contributed by atoms with Crippen LogP contribution in [0.15, 0.2) is 82.5 Å². The summed E-state index contributed by atoms with van der Waals surface area (Å²) < 4.78 is 55.0. The topological polar surface area (TPSA) is 15.6 Å². The Hall–Kier alpha value is -2.67. The van der Waals surface area contributed by atoms with Crippen LogP contribution < -0.4 is 5.01 Å². The van der Waals surface area contributed by atoms with Gasteiger partial charge in [-0.1, -0.05) is 58.4 Å². The fraction of sp³-hybridized carbons (Fsp3) is 0.0952. The van der Waals surface area contributed by atoms with Crippen molar-refractivity contribution >= 4 is 38.1 Å². The lowest BCUT2D eigenvalue weighted by Crippen LogP contribution is -2.34. The van der Waals surface area contributed by atoms with Gasteiger partial charge in [-0.05, 0) is 40.6 Å². The Bertz CT molecular complexity index is 1090. The van der Waals surface area contributed by atoms with Crippen molar-refractivity contribution in [3.8, 4) is 0 Å². The number of alkyl halides is 3. The van der Waals surface area contributed by atoms with Crippen LogP contribution in [0.2, 0.25) is 0 Å². The summed E-state index contributed by atoms with van der Waals surface area (Å²) in [5.41, 5.74) is -0.125. The molecule has 4 rings (SSSR count). The number of benzene rings is 3. The van der Waals surface area contributed by atoms with Crippen LogP contribution >= 0.6 is 15.9 Å². The normalized spacial score (nSPS) is 17.1. The molecule has 1 unspecified atom stereocenters. The fourth-order valence-electron chi connectivity index (χ4n) is 3.17. The Morgan fingerprint density at radius 2 is 1.68 bits per heavy atom. The van der Waals surface area contributed by atoms with Gasteiger partial charge in [-0.3, -0.25) is 0 Å². The summed E-state index contributed by atoms with van der Waals surface area (Å²) in [4.78, 5) is 0. The second kappa shape index (κ2) is 7.05. The highest BCUT2D eigenvalue weighted by Gasteiger charge is 2.42. The molecule has 3 aromatic carbocycles. The first-order chi connectivity index (χ1) is 13.3. The van der Waals surface area contributed by atoms with Gasteiger partial charge in [0.15, 0.2) is 5.71 Å². The number of nitrogens with zero attached hydrogens (tertiary/aromatic N) is 2. The minimum atomic E-state index is -4.63. The van der Waals surface area contributed by atoms with Gasteiger partial charge in [0, 0.05) is 10.7 Å². The van der Waals surface area contributed by atoms with Gasteiger partial charge in [-0.2, -0.15) is 18.3 Å².